The van der Waals surface area contributed by atoms with Gasteiger partial charge in [0.25, 0.3) is 0 Å². The second-order valence-corrected chi connectivity index (χ2v) is 6.14. The van der Waals surface area contributed by atoms with Crippen molar-refractivity contribution in [3.05, 3.63) is 22.2 Å². The molecule has 0 radical (unpaired) electrons. The number of phenols is 1. The summed E-state index contributed by atoms with van der Waals surface area (Å²) in [6.45, 7) is 0. The predicted octanol–water partition coefficient (Wildman–Crippen LogP) is 2.46. The molecule has 0 unspecified atom stereocenters. The Hall–Kier alpha value is -2.13. The summed E-state index contributed by atoms with van der Waals surface area (Å²) in [5.41, 5.74) is 4.67. The number of nitrogens with zero attached hydrogens (tertiary/aromatic N) is 1. The average molecular weight is 416 g/mol. The van der Waals surface area contributed by atoms with Gasteiger partial charge in [0, 0.05) is 22.9 Å². The molecule has 8 nitrogen and oxygen atoms in total. The number of hydroxylamine groups is 1. The summed E-state index contributed by atoms with van der Waals surface area (Å²) in [5, 5.41) is 21.9. The fourth-order valence-electron chi connectivity index (χ4n) is 2.03. The van der Waals surface area contributed by atoms with Crippen LogP contribution in [0.5, 0.6) is 11.5 Å². The monoisotopic (exact) mass is 415 g/mol. The van der Waals surface area contributed by atoms with Crippen molar-refractivity contribution >= 4 is 34.0 Å². The molecule has 1 aromatic carbocycles. The van der Waals surface area contributed by atoms with Crippen molar-refractivity contribution < 1.29 is 24.6 Å². The van der Waals surface area contributed by atoms with E-state index in [9.17, 15) is 14.7 Å². The standard InChI is InChI=1S/C16H22BrN3O5/c1-25-14-8-11(12(17)9-13(14)21)10-18-19-15(22)6-4-2-3-5-7-16(23)20-24/h8-10,21,24H,2-7H2,1H3,(H,19,22)(H,20,23)/b18-10-. The lowest BCUT2D eigenvalue weighted by Crippen LogP contribution is -2.18. The third-order valence-corrected chi connectivity index (χ3v) is 4.06. The van der Waals surface area contributed by atoms with Gasteiger partial charge in [0.05, 0.1) is 13.3 Å². The van der Waals surface area contributed by atoms with E-state index in [-0.39, 0.29) is 18.1 Å². The second kappa shape index (κ2) is 11.4. The molecule has 0 saturated carbocycles. The van der Waals surface area contributed by atoms with Crippen LogP contribution in [0.3, 0.4) is 0 Å². The van der Waals surface area contributed by atoms with Crippen molar-refractivity contribution in [1.29, 1.82) is 0 Å². The molecule has 0 bridgehead atoms. The summed E-state index contributed by atoms with van der Waals surface area (Å²) >= 11 is 3.30. The summed E-state index contributed by atoms with van der Waals surface area (Å²) in [7, 11) is 1.45. The topological polar surface area (TPSA) is 120 Å². The predicted molar refractivity (Wildman–Crippen MR) is 95.7 cm³/mol. The lowest BCUT2D eigenvalue weighted by Gasteiger charge is -2.06. The van der Waals surface area contributed by atoms with Gasteiger partial charge in [0.15, 0.2) is 11.5 Å². The van der Waals surface area contributed by atoms with Crippen molar-refractivity contribution in [3.63, 3.8) is 0 Å². The largest absolute Gasteiger partial charge is 0.504 e. The molecule has 1 rings (SSSR count). The van der Waals surface area contributed by atoms with E-state index in [1.807, 2.05) is 0 Å². The molecular formula is C16H22BrN3O5. The first-order chi connectivity index (χ1) is 12.0. The van der Waals surface area contributed by atoms with Gasteiger partial charge >= 0.3 is 0 Å². The highest BCUT2D eigenvalue weighted by atomic mass is 79.9. The molecule has 0 spiro atoms. The molecule has 138 valence electrons. The number of nitrogens with one attached hydrogen (secondary N) is 2. The van der Waals surface area contributed by atoms with E-state index in [0.29, 0.717) is 35.0 Å². The zero-order valence-electron chi connectivity index (χ0n) is 13.9. The molecule has 0 aliphatic carbocycles. The van der Waals surface area contributed by atoms with E-state index in [1.54, 1.807) is 11.5 Å². The fraction of sp³-hybridized carbons (Fsp3) is 0.438. The normalized spacial score (nSPS) is 10.7. The Morgan fingerprint density at radius 2 is 1.84 bits per heavy atom. The quantitative estimate of drug-likeness (QED) is 0.202. The molecule has 0 heterocycles. The van der Waals surface area contributed by atoms with Gasteiger partial charge in [-0.3, -0.25) is 14.8 Å². The molecule has 25 heavy (non-hydrogen) atoms. The van der Waals surface area contributed by atoms with Crippen LogP contribution in [0, 0.1) is 0 Å². The number of phenolic OH excluding ortho intramolecular Hbond substituents is 1. The minimum atomic E-state index is -0.399. The molecular weight excluding hydrogens is 394 g/mol. The third-order valence-electron chi connectivity index (χ3n) is 3.37. The number of hydrogen-bond acceptors (Lipinski definition) is 6. The number of carbonyl (C=O) groups is 2. The number of hydrogen-bond donors (Lipinski definition) is 4. The van der Waals surface area contributed by atoms with E-state index >= 15 is 0 Å². The lowest BCUT2D eigenvalue weighted by molar-refractivity contribution is -0.129. The minimum absolute atomic E-state index is 0.00651. The maximum Gasteiger partial charge on any atom is 0.243 e. The molecule has 0 fully saturated rings. The molecule has 0 aromatic heterocycles. The molecule has 0 atom stereocenters. The van der Waals surface area contributed by atoms with E-state index < -0.39 is 5.91 Å². The third kappa shape index (κ3) is 7.99. The van der Waals surface area contributed by atoms with Crippen molar-refractivity contribution in [3.8, 4) is 11.5 Å². The zero-order chi connectivity index (χ0) is 18.7. The van der Waals surface area contributed by atoms with Crippen molar-refractivity contribution in [2.45, 2.75) is 38.5 Å². The van der Waals surface area contributed by atoms with E-state index in [4.69, 9.17) is 9.94 Å². The highest BCUT2D eigenvalue weighted by Crippen LogP contribution is 2.31. The SMILES string of the molecule is COc1cc(/C=N\NC(=O)CCCCCCC(=O)NO)c(Br)cc1O. The first kappa shape index (κ1) is 20.9. The van der Waals surface area contributed by atoms with Gasteiger partial charge in [0.2, 0.25) is 11.8 Å². The van der Waals surface area contributed by atoms with Crippen molar-refractivity contribution in [2.24, 2.45) is 5.10 Å². The number of aromatic hydroxyl groups is 1. The number of benzene rings is 1. The zero-order valence-corrected chi connectivity index (χ0v) is 15.5. The van der Waals surface area contributed by atoms with E-state index in [0.717, 1.165) is 12.8 Å². The summed E-state index contributed by atoms with van der Waals surface area (Å²) in [6, 6.07) is 3.08. The first-order valence-electron chi connectivity index (χ1n) is 7.79. The maximum absolute atomic E-state index is 11.7. The van der Waals surface area contributed by atoms with Crippen LogP contribution in [-0.2, 0) is 9.59 Å². The van der Waals surface area contributed by atoms with Gasteiger partial charge in [-0.1, -0.05) is 12.8 Å². The Kier molecular flexibility index (Phi) is 9.56. The summed E-state index contributed by atoms with van der Waals surface area (Å²) in [5.74, 6) is -0.284. The molecule has 1 aromatic rings. The molecule has 4 N–H and O–H groups in total. The van der Waals surface area contributed by atoms with Crippen LogP contribution in [0.2, 0.25) is 0 Å². The number of methoxy groups -OCH3 is 1. The summed E-state index contributed by atoms with van der Waals surface area (Å²) in [6.07, 6.45) is 5.06. The number of unbranched alkanes of at least 4 members (excludes halogenated alkanes) is 3. The van der Waals surface area contributed by atoms with Gasteiger partial charge in [-0.15, -0.1) is 0 Å². The smallest absolute Gasteiger partial charge is 0.243 e. The van der Waals surface area contributed by atoms with Gasteiger partial charge in [-0.2, -0.15) is 5.10 Å². The van der Waals surface area contributed by atoms with Gasteiger partial charge < -0.3 is 9.84 Å². The number of rotatable bonds is 10. The minimum Gasteiger partial charge on any atom is -0.504 e. The highest BCUT2D eigenvalue weighted by Gasteiger charge is 2.07. The lowest BCUT2D eigenvalue weighted by atomic mass is 10.1. The number of carbonyl (C=O) groups excluding carboxylic acids is 2. The van der Waals surface area contributed by atoms with Crippen LogP contribution in [-0.4, -0.2) is 35.5 Å². The number of amides is 2. The van der Waals surface area contributed by atoms with Crippen molar-refractivity contribution in [1.82, 2.24) is 10.9 Å². The van der Waals surface area contributed by atoms with Gasteiger partial charge in [-0.25, -0.2) is 10.9 Å². The molecule has 9 heteroatoms. The van der Waals surface area contributed by atoms with Gasteiger partial charge in [0.1, 0.15) is 0 Å². The number of hydrazone groups is 1. The average Bonchev–Trinajstić information content (AvgIpc) is 2.59. The van der Waals surface area contributed by atoms with Crippen LogP contribution in [0.15, 0.2) is 21.7 Å². The molecule has 0 aliphatic heterocycles. The molecule has 0 saturated heterocycles. The Labute approximate surface area is 154 Å². The Balaban J connectivity index is 2.30. The van der Waals surface area contributed by atoms with Crippen molar-refractivity contribution in [2.75, 3.05) is 7.11 Å². The second-order valence-electron chi connectivity index (χ2n) is 5.29. The highest BCUT2D eigenvalue weighted by molar-refractivity contribution is 9.10. The van der Waals surface area contributed by atoms with E-state index in [2.05, 4.69) is 26.5 Å². The molecule has 2 amide bonds. The van der Waals surface area contributed by atoms with Crippen LogP contribution >= 0.6 is 15.9 Å². The number of ether oxygens (including phenoxy) is 1. The van der Waals surface area contributed by atoms with Crippen LogP contribution < -0.4 is 15.6 Å². The molecule has 0 aliphatic rings. The maximum atomic E-state index is 11.7. The Bertz CT molecular complexity index is 622. The Morgan fingerprint density at radius 3 is 2.44 bits per heavy atom. The fourth-order valence-corrected chi connectivity index (χ4v) is 2.46. The number of halogens is 1. The van der Waals surface area contributed by atoms with E-state index in [1.165, 1.54) is 19.4 Å². The van der Waals surface area contributed by atoms with Crippen LogP contribution in [0.4, 0.5) is 0 Å². The van der Waals surface area contributed by atoms with Crippen LogP contribution in [0.25, 0.3) is 0 Å². The summed E-state index contributed by atoms with van der Waals surface area (Å²) in [4.78, 5) is 22.5. The Morgan fingerprint density at radius 1 is 1.20 bits per heavy atom. The first-order valence-corrected chi connectivity index (χ1v) is 8.58. The van der Waals surface area contributed by atoms with Crippen LogP contribution in [0.1, 0.15) is 44.1 Å². The summed E-state index contributed by atoms with van der Waals surface area (Å²) < 4.78 is 5.64. The van der Waals surface area contributed by atoms with Gasteiger partial charge in [-0.05, 0) is 40.9 Å².